The molecule has 2 aliphatic rings. The molecule has 0 bridgehead atoms. The molecule has 0 radical (unpaired) electrons. The van der Waals surface area contributed by atoms with E-state index in [0.29, 0.717) is 6.42 Å². The van der Waals surface area contributed by atoms with Gasteiger partial charge in [0.2, 0.25) is 12.0 Å². The van der Waals surface area contributed by atoms with Gasteiger partial charge >= 0.3 is 5.97 Å². The van der Waals surface area contributed by atoms with E-state index in [1.165, 1.54) is 30.3 Å². The monoisotopic (exact) mass is 658 g/mol. The Hall–Kier alpha value is -4.63. The van der Waals surface area contributed by atoms with E-state index >= 15 is 0 Å². The van der Waals surface area contributed by atoms with Crippen LogP contribution in [0.15, 0.2) is 42.5 Å². The molecular formula is C33H38O14. The first-order valence-electron chi connectivity index (χ1n) is 15.2. The zero-order valence-electron chi connectivity index (χ0n) is 25.5. The summed E-state index contributed by atoms with van der Waals surface area (Å²) < 4.78 is 28.7. The lowest BCUT2D eigenvalue weighted by molar-refractivity contribution is -0.116. The Bertz CT molecular complexity index is 1570. The molecule has 47 heavy (non-hydrogen) atoms. The summed E-state index contributed by atoms with van der Waals surface area (Å²) in [7, 11) is 0. The zero-order valence-corrected chi connectivity index (χ0v) is 25.5. The maximum Gasteiger partial charge on any atom is 0.338 e. The Morgan fingerprint density at radius 3 is 2.36 bits per heavy atom. The van der Waals surface area contributed by atoms with Crippen LogP contribution < -0.4 is 14.2 Å². The Morgan fingerprint density at radius 1 is 0.957 bits per heavy atom. The van der Waals surface area contributed by atoms with Crippen LogP contribution in [0.3, 0.4) is 0 Å². The van der Waals surface area contributed by atoms with Crippen molar-refractivity contribution in [2.75, 3.05) is 19.8 Å². The number of aliphatic hydroxyl groups is 3. The van der Waals surface area contributed by atoms with Gasteiger partial charge in [-0.2, -0.15) is 0 Å². The molecule has 3 aromatic rings. The van der Waals surface area contributed by atoms with Gasteiger partial charge in [-0.05, 0) is 30.7 Å². The summed E-state index contributed by atoms with van der Waals surface area (Å²) >= 11 is 0. The highest BCUT2D eigenvalue weighted by Crippen LogP contribution is 2.46. The van der Waals surface area contributed by atoms with E-state index in [1.54, 1.807) is 0 Å². The number of benzene rings is 3. The molecule has 8 N–H and O–H groups in total. The van der Waals surface area contributed by atoms with E-state index in [2.05, 4.69) is 6.92 Å². The molecule has 2 aliphatic heterocycles. The largest absolute Gasteiger partial charge is 0.508 e. The molecule has 1 fully saturated rings. The van der Waals surface area contributed by atoms with Crippen molar-refractivity contribution >= 4 is 5.97 Å². The summed E-state index contributed by atoms with van der Waals surface area (Å²) in [5.41, 5.74) is -1.62. The predicted octanol–water partition coefficient (Wildman–Crippen LogP) is 2.89. The predicted molar refractivity (Wildman–Crippen MR) is 162 cm³/mol. The number of hydrogen-bond donors (Lipinski definition) is 8. The van der Waals surface area contributed by atoms with Gasteiger partial charge in [-0.3, -0.25) is 0 Å². The first-order chi connectivity index (χ1) is 22.4. The van der Waals surface area contributed by atoms with E-state index in [9.17, 15) is 45.6 Å². The fraction of sp³-hybridized carbons (Fsp3) is 0.424. The Labute approximate surface area is 269 Å². The number of carbonyl (C=O) groups is 1. The lowest BCUT2D eigenvalue weighted by Gasteiger charge is -2.35. The van der Waals surface area contributed by atoms with E-state index in [4.69, 9.17) is 23.7 Å². The highest BCUT2D eigenvalue weighted by Gasteiger charge is 2.49. The van der Waals surface area contributed by atoms with Crippen molar-refractivity contribution in [3.8, 4) is 46.0 Å². The molecule has 0 aromatic heterocycles. The zero-order chi connectivity index (χ0) is 33.9. The van der Waals surface area contributed by atoms with Crippen LogP contribution in [-0.2, 0) is 15.9 Å². The van der Waals surface area contributed by atoms with Gasteiger partial charge in [-0.15, -0.1) is 0 Å². The molecule has 2 heterocycles. The van der Waals surface area contributed by atoms with Crippen LogP contribution in [0.25, 0.3) is 0 Å². The molecule has 0 amide bonds. The third kappa shape index (κ3) is 7.20. The minimum absolute atomic E-state index is 0.0463. The van der Waals surface area contributed by atoms with Crippen molar-refractivity contribution in [2.24, 2.45) is 0 Å². The summed E-state index contributed by atoms with van der Waals surface area (Å²) in [5.74, 6) is -3.20. The molecule has 254 valence electrons. The lowest BCUT2D eigenvalue weighted by atomic mass is 9.93. The van der Waals surface area contributed by atoms with Crippen LogP contribution in [0.4, 0.5) is 0 Å². The highest BCUT2D eigenvalue weighted by atomic mass is 16.7. The minimum atomic E-state index is -1.98. The van der Waals surface area contributed by atoms with Crippen molar-refractivity contribution in [1.29, 1.82) is 0 Å². The third-order valence-corrected chi connectivity index (χ3v) is 8.09. The second-order valence-electron chi connectivity index (χ2n) is 11.6. The topological polar surface area (TPSA) is 225 Å². The van der Waals surface area contributed by atoms with Gasteiger partial charge in [0.05, 0.1) is 25.4 Å². The standard InChI is InChI=1S/C33H38O14/c1-2-3-4-5-8-43-29-23(38)10-18(11-24(29)39)31(41)46-27-14-20-25(45-28(27)17-6-7-21(36)22(37)9-17)12-19(35)13-26(20)47-32-30(40)33(42,15-34)16-44-32/h6-7,9-13,27-28,30,32,34-40,42H,2-5,8,14-16H2,1H3/t27-,28-,30?,32?,33?/m1/s1. The van der Waals surface area contributed by atoms with Gasteiger partial charge in [0.1, 0.15) is 35.1 Å². The maximum atomic E-state index is 13.4. The fourth-order valence-corrected chi connectivity index (χ4v) is 5.43. The summed E-state index contributed by atoms with van der Waals surface area (Å²) in [5, 5.41) is 82.0. The van der Waals surface area contributed by atoms with Crippen LogP contribution in [0.1, 0.15) is 60.2 Å². The lowest BCUT2D eigenvalue weighted by Crippen LogP contribution is -2.48. The maximum absolute atomic E-state index is 13.4. The van der Waals surface area contributed by atoms with Crippen molar-refractivity contribution in [3.05, 3.63) is 59.2 Å². The van der Waals surface area contributed by atoms with E-state index in [-0.39, 0.29) is 52.7 Å². The van der Waals surface area contributed by atoms with E-state index < -0.39 is 72.4 Å². The number of ether oxygens (including phenoxy) is 5. The fourth-order valence-electron chi connectivity index (χ4n) is 5.43. The normalized spacial score (nSPS) is 23.5. The van der Waals surface area contributed by atoms with Gasteiger partial charge in [0, 0.05) is 29.7 Å². The molecule has 14 heteroatoms. The molecule has 0 spiro atoms. The van der Waals surface area contributed by atoms with Gasteiger partial charge < -0.3 is 64.5 Å². The average Bonchev–Trinajstić information content (AvgIpc) is 3.32. The number of rotatable bonds is 12. The third-order valence-electron chi connectivity index (χ3n) is 8.09. The average molecular weight is 659 g/mol. The van der Waals surface area contributed by atoms with Crippen LogP contribution >= 0.6 is 0 Å². The Kier molecular flexibility index (Phi) is 10.1. The first kappa shape index (κ1) is 33.7. The number of fused-ring (bicyclic) bond motifs is 1. The molecule has 0 saturated carbocycles. The van der Waals surface area contributed by atoms with Crippen LogP contribution in [0.2, 0.25) is 0 Å². The van der Waals surface area contributed by atoms with Gasteiger partial charge in [-0.1, -0.05) is 32.3 Å². The van der Waals surface area contributed by atoms with Crippen LogP contribution in [0.5, 0.6) is 46.0 Å². The number of esters is 1. The number of phenolic OH excluding ortho intramolecular Hbond substituents is 5. The number of aliphatic hydroxyl groups excluding tert-OH is 2. The van der Waals surface area contributed by atoms with Crippen molar-refractivity contribution in [1.82, 2.24) is 0 Å². The van der Waals surface area contributed by atoms with Gasteiger partial charge in [0.25, 0.3) is 0 Å². The molecule has 1 saturated heterocycles. The number of carbonyl (C=O) groups excluding carboxylic acids is 1. The molecule has 3 unspecified atom stereocenters. The summed E-state index contributed by atoms with van der Waals surface area (Å²) in [6.07, 6.45) is -1.79. The number of aromatic hydroxyl groups is 5. The SMILES string of the molecule is CCCCCCOc1c(O)cc(C(=O)O[C@@H]2Cc3c(OC4OCC(O)(CO)C4O)cc(O)cc3O[C@@H]2c2ccc(O)c(O)c2)cc1O. The van der Waals surface area contributed by atoms with E-state index in [0.717, 1.165) is 31.4 Å². The smallest absolute Gasteiger partial charge is 0.338 e. The van der Waals surface area contributed by atoms with Crippen molar-refractivity contribution < 1.29 is 69.3 Å². The summed E-state index contributed by atoms with van der Waals surface area (Å²) in [6.45, 7) is 1.10. The quantitative estimate of drug-likeness (QED) is 0.0796. The number of phenols is 5. The summed E-state index contributed by atoms with van der Waals surface area (Å²) in [6, 6.07) is 8.55. The molecule has 0 aliphatic carbocycles. The molecule has 5 atom stereocenters. The van der Waals surface area contributed by atoms with Gasteiger partial charge in [0.15, 0.2) is 29.1 Å². The van der Waals surface area contributed by atoms with Gasteiger partial charge in [-0.25, -0.2) is 4.79 Å². The molecule has 14 nitrogen and oxygen atoms in total. The first-order valence-corrected chi connectivity index (χ1v) is 15.2. The second kappa shape index (κ2) is 14.0. The van der Waals surface area contributed by atoms with E-state index in [1.807, 2.05) is 0 Å². The van der Waals surface area contributed by atoms with Crippen molar-refractivity contribution in [3.63, 3.8) is 0 Å². The summed E-state index contributed by atoms with van der Waals surface area (Å²) in [4.78, 5) is 13.4. The molecule has 5 rings (SSSR count). The minimum Gasteiger partial charge on any atom is -0.508 e. The molecule has 3 aromatic carbocycles. The number of hydrogen-bond acceptors (Lipinski definition) is 14. The Morgan fingerprint density at radius 2 is 1.70 bits per heavy atom. The number of unbranched alkanes of at least 4 members (excludes halogenated alkanes) is 3. The Balaban J connectivity index is 1.43. The highest BCUT2D eigenvalue weighted by molar-refractivity contribution is 5.91. The second-order valence-corrected chi connectivity index (χ2v) is 11.6. The molecular weight excluding hydrogens is 620 g/mol. The van der Waals surface area contributed by atoms with Crippen LogP contribution in [0, 0.1) is 0 Å². The van der Waals surface area contributed by atoms with Crippen molar-refractivity contribution in [2.45, 2.75) is 69.2 Å². The van der Waals surface area contributed by atoms with Crippen LogP contribution in [-0.4, -0.2) is 90.7 Å².